The quantitative estimate of drug-likeness (QED) is 0.337. The molecule has 0 radical (unpaired) electrons. The third kappa shape index (κ3) is 4.12. The van der Waals surface area contributed by atoms with Crippen molar-refractivity contribution in [2.45, 2.75) is 39.7 Å². The monoisotopic (exact) mass is 390 g/mol. The number of unbranched alkanes of at least 4 members (excludes halogenated alkanes) is 1. The van der Waals surface area contributed by atoms with Crippen LogP contribution in [0.2, 0.25) is 0 Å². The van der Waals surface area contributed by atoms with Crippen LogP contribution in [0.4, 0.5) is 0 Å². The summed E-state index contributed by atoms with van der Waals surface area (Å²) in [6, 6.07) is 19.0. The fraction of sp³-hybridized carbons (Fsp3) is 0.292. The molecule has 4 rings (SSSR count). The van der Waals surface area contributed by atoms with E-state index < -0.39 is 0 Å². The fourth-order valence-electron chi connectivity index (χ4n) is 3.51. The van der Waals surface area contributed by atoms with E-state index in [2.05, 4.69) is 78.4 Å². The van der Waals surface area contributed by atoms with Gasteiger partial charge in [0.05, 0.1) is 17.6 Å². The average Bonchev–Trinajstić information content (AvgIpc) is 3.33. The minimum atomic E-state index is 0.747. The van der Waals surface area contributed by atoms with E-state index >= 15 is 0 Å². The van der Waals surface area contributed by atoms with Gasteiger partial charge in [-0.05, 0) is 67.5 Å². The van der Waals surface area contributed by atoms with Gasteiger partial charge in [-0.2, -0.15) is 0 Å². The molecule has 0 unspecified atom stereocenters. The molecule has 0 bridgehead atoms. The summed E-state index contributed by atoms with van der Waals surface area (Å²) >= 11 is 1.80. The second-order valence-electron chi connectivity index (χ2n) is 7.18. The number of fused-ring (bicyclic) bond motifs is 1. The summed E-state index contributed by atoms with van der Waals surface area (Å²) < 4.78 is 8.40. The van der Waals surface area contributed by atoms with Crippen molar-refractivity contribution in [2.75, 3.05) is 6.61 Å². The van der Waals surface area contributed by atoms with Crippen molar-refractivity contribution in [1.82, 2.24) is 9.55 Å². The summed E-state index contributed by atoms with van der Waals surface area (Å²) in [4.78, 5) is 6.25. The van der Waals surface area contributed by atoms with Gasteiger partial charge in [-0.25, -0.2) is 4.98 Å². The molecule has 4 heteroatoms. The lowest BCUT2D eigenvalue weighted by Gasteiger charge is -2.12. The summed E-state index contributed by atoms with van der Waals surface area (Å²) in [5, 5.41) is 2.13. The average molecular weight is 391 g/mol. The minimum Gasteiger partial charge on any atom is -0.493 e. The Labute approximate surface area is 170 Å². The van der Waals surface area contributed by atoms with Crippen molar-refractivity contribution in [3.05, 3.63) is 81.8 Å². The maximum Gasteiger partial charge on any atom is 0.122 e. The third-order valence-corrected chi connectivity index (χ3v) is 6.11. The van der Waals surface area contributed by atoms with Gasteiger partial charge in [0.15, 0.2) is 0 Å². The number of hydrogen-bond donors (Lipinski definition) is 0. The van der Waals surface area contributed by atoms with E-state index in [1.807, 2.05) is 0 Å². The Kier molecular flexibility index (Phi) is 5.77. The van der Waals surface area contributed by atoms with Crippen molar-refractivity contribution >= 4 is 22.4 Å². The molecular formula is C24H26N2OS. The van der Waals surface area contributed by atoms with Crippen LogP contribution in [0.3, 0.4) is 0 Å². The van der Waals surface area contributed by atoms with E-state index in [9.17, 15) is 0 Å². The van der Waals surface area contributed by atoms with Crippen LogP contribution in [-0.4, -0.2) is 16.2 Å². The number of aromatic nitrogens is 2. The number of nitrogens with zero attached hydrogens (tertiary/aromatic N) is 2. The number of hydrogen-bond acceptors (Lipinski definition) is 3. The normalized spacial score (nSPS) is 11.2. The predicted molar refractivity (Wildman–Crippen MR) is 118 cm³/mol. The maximum absolute atomic E-state index is 6.02. The summed E-state index contributed by atoms with van der Waals surface area (Å²) in [5.41, 5.74) is 4.83. The molecule has 144 valence electrons. The van der Waals surface area contributed by atoms with Crippen LogP contribution in [0.5, 0.6) is 5.75 Å². The van der Waals surface area contributed by atoms with Crippen LogP contribution in [-0.2, 0) is 13.0 Å². The zero-order valence-electron chi connectivity index (χ0n) is 16.5. The SMILES string of the molecule is Cc1cccc(OCCCCn2c(Cc3cccs3)nc3ccccc32)c1C. The molecule has 0 aliphatic rings. The second kappa shape index (κ2) is 8.61. The van der Waals surface area contributed by atoms with Gasteiger partial charge < -0.3 is 9.30 Å². The standard InChI is InChI=1S/C24H26N2OS/c1-18-9-7-13-23(19(18)2)27-15-6-5-14-26-22-12-4-3-11-21(22)25-24(26)17-20-10-8-16-28-20/h3-4,7-13,16H,5-6,14-15,17H2,1-2H3. The Balaban J connectivity index is 1.40. The highest BCUT2D eigenvalue weighted by Gasteiger charge is 2.11. The van der Waals surface area contributed by atoms with E-state index in [0.29, 0.717) is 0 Å². The number of rotatable bonds is 8. The molecule has 0 fully saturated rings. The van der Waals surface area contributed by atoms with Crippen LogP contribution in [0.15, 0.2) is 60.0 Å². The Morgan fingerprint density at radius 1 is 0.964 bits per heavy atom. The molecule has 2 heterocycles. The topological polar surface area (TPSA) is 27.1 Å². The van der Waals surface area contributed by atoms with Gasteiger partial charge in [-0.1, -0.05) is 30.3 Å². The molecule has 4 aromatic rings. The lowest BCUT2D eigenvalue weighted by molar-refractivity contribution is 0.301. The van der Waals surface area contributed by atoms with Gasteiger partial charge in [-0.3, -0.25) is 0 Å². The summed E-state index contributed by atoms with van der Waals surface area (Å²) in [7, 11) is 0. The van der Waals surface area contributed by atoms with Gasteiger partial charge >= 0.3 is 0 Å². The molecule has 0 spiro atoms. The van der Waals surface area contributed by atoms with Crippen molar-refractivity contribution in [3.8, 4) is 5.75 Å². The summed E-state index contributed by atoms with van der Waals surface area (Å²) in [6.07, 6.45) is 2.99. The predicted octanol–water partition coefficient (Wildman–Crippen LogP) is 6.16. The molecule has 0 aliphatic carbocycles. The fourth-order valence-corrected chi connectivity index (χ4v) is 4.21. The number of benzene rings is 2. The molecule has 0 N–H and O–H groups in total. The first-order chi connectivity index (χ1) is 13.7. The molecular weight excluding hydrogens is 364 g/mol. The first-order valence-electron chi connectivity index (χ1n) is 9.88. The number of aryl methyl sites for hydroxylation is 2. The molecule has 2 aromatic heterocycles. The Morgan fingerprint density at radius 3 is 2.71 bits per heavy atom. The lowest BCUT2D eigenvalue weighted by atomic mass is 10.1. The van der Waals surface area contributed by atoms with Crippen molar-refractivity contribution in [1.29, 1.82) is 0 Å². The van der Waals surface area contributed by atoms with Crippen LogP contribution < -0.4 is 4.74 Å². The van der Waals surface area contributed by atoms with Gasteiger partial charge in [0, 0.05) is 17.8 Å². The highest BCUT2D eigenvalue weighted by molar-refractivity contribution is 7.09. The molecule has 0 amide bonds. The molecule has 28 heavy (non-hydrogen) atoms. The second-order valence-corrected chi connectivity index (χ2v) is 8.21. The zero-order chi connectivity index (χ0) is 19.3. The van der Waals surface area contributed by atoms with Gasteiger partial charge in [0.2, 0.25) is 0 Å². The number of para-hydroxylation sites is 2. The van der Waals surface area contributed by atoms with Crippen molar-refractivity contribution in [3.63, 3.8) is 0 Å². The van der Waals surface area contributed by atoms with Gasteiger partial charge in [0.1, 0.15) is 11.6 Å². The Hall–Kier alpha value is -2.59. The summed E-state index contributed by atoms with van der Waals surface area (Å²) in [5.74, 6) is 2.16. The molecule has 2 aromatic carbocycles. The molecule has 0 aliphatic heterocycles. The zero-order valence-corrected chi connectivity index (χ0v) is 17.3. The highest BCUT2D eigenvalue weighted by Crippen LogP contribution is 2.22. The highest BCUT2D eigenvalue weighted by atomic mass is 32.1. The molecule has 0 saturated carbocycles. The van der Waals surface area contributed by atoms with E-state index in [0.717, 1.165) is 49.5 Å². The maximum atomic E-state index is 6.02. The first-order valence-corrected chi connectivity index (χ1v) is 10.8. The molecule has 0 atom stereocenters. The van der Waals surface area contributed by atoms with Gasteiger partial charge in [-0.15, -0.1) is 11.3 Å². The van der Waals surface area contributed by atoms with Crippen LogP contribution in [0.1, 0.15) is 34.7 Å². The first kappa shape index (κ1) is 18.8. The minimum absolute atomic E-state index is 0.747. The molecule has 3 nitrogen and oxygen atoms in total. The van der Waals surface area contributed by atoms with Gasteiger partial charge in [0.25, 0.3) is 0 Å². The number of imidazole rings is 1. The third-order valence-electron chi connectivity index (χ3n) is 5.23. The van der Waals surface area contributed by atoms with Crippen LogP contribution >= 0.6 is 11.3 Å². The van der Waals surface area contributed by atoms with Crippen molar-refractivity contribution in [2.24, 2.45) is 0 Å². The lowest BCUT2D eigenvalue weighted by Crippen LogP contribution is -2.06. The van der Waals surface area contributed by atoms with E-state index in [1.54, 1.807) is 11.3 Å². The van der Waals surface area contributed by atoms with E-state index in [4.69, 9.17) is 9.72 Å². The number of ether oxygens (including phenoxy) is 1. The smallest absolute Gasteiger partial charge is 0.122 e. The molecule has 0 saturated heterocycles. The largest absolute Gasteiger partial charge is 0.493 e. The van der Waals surface area contributed by atoms with Crippen LogP contribution in [0.25, 0.3) is 11.0 Å². The summed E-state index contributed by atoms with van der Waals surface area (Å²) in [6.45, 7) is 5.97. The van der Waals surface area contributed by atoms with Crippen molar-refractivity contribution < 1.29 is 4.74 Å². The number of thiophene rings is 1. The Morgan fingerprint density at radius 2 is 1.86 bits per heavy atom. The van der Waals surface area contributed by atoms with E-state index in [1.165, 1.54) is 21.5 Å². The van der Waals surface area contributed by atoms with E-state index in [-0.39, 0.29) is 0 Å². The Bertz CT molecular complexity index is 1050. The van der Waals surface area contributed by atoms with Crippen LogP contribution in [0, 0.1) is 13.8 Å².